The fourth-order valence-corrected chi connectivity index (χ4v) is 3.10. The average Bonchev–Trinajstić information content (AvgIpc) is 3.21. The second kappa shape index (κ2) is 6.45. The van der Waals surface area contributed by atoms with Gasteiger partial charge in [0, 0.05) is 26.2 Å². The van der Waals surface area contributed by atoms with E-state index in [1.165, 1.54) is 18.5 Å². The third-order valence-corrected chi connectivity index (χ3v) is 4.60. The lowest BCUT2D eigenvalue weighted by Crippen LogP contribution is -2.23. The molecule has 2 aromatic rings. The summed E-state index contributed by atoms with van der Waals surface area (Å²) >= 11 is 0. The van der Waals surface area contributed by atoms with Gasteiger partial charge in [-0.25, -0.2) is 4.68 Å². The minimum Gasteiger partial charge on any atom is -0.465 e. The highest BCUT2D eigenvalue weighted by molar-refractivity contribution is 5.11. The first kappa shape index (κ1) is 14.9. The summed E-state index contributed by atoms with van der Waals surface area (Å²) in [4.78, 5) is 2.41. The summed E-state index contributed by atoms with van der Waals surface area (Å²) in [5.74, 6) is 2.77. The van der Waals surface area contributed by atoms with Crippen molar-refractivity contribution in [2.45, 2.75) is 52.4 Å². The first-order valence-electron chi connectivity index (χ1n) is 8.54. The van der Waals surface area contributed by atoms with Crippen LogP contribution in [0, 0.1) is 12.8 Å². The second-order valence-electron chi connectivity index (χ2n) is 6.74. The second-order valence-corrected chi connectivity index (χ2v) is 6.74. The quantitative estimate of drug-likeness (QED) is 0.819. The van der Waals surface area contributed by atoms with E-state index in [0.29, 0.717) is 6.61 Å². The summed E-state index contributed by atoms with van der Waals surface area (Å²) in [6, 6.07) is 4.09. The molecule has 0 spiro atoms. The number of nitrogens with zero attached hydrogens (tertiary/aromatic N) is 4. The maximum atomic E-state index is 5.81. The molecule has 0 aromatic carbocycles. The van der Waals surface area contributed by atoms with Crippen LogP contribution in [0.5, 0.6) is 0 Å². The van der Waals surface area contributed by atoms with Crippen molar-refractivity contribution in [3.8, 4) is 0 Å². The van der Waals surface area contributed by atoms with Crippen LogP contribution in [0.2, 0.25) is 0 Å². The van der Waals surface area contributed by atoms with Crippen molar-refractivity contribution in [2.24, 2.45) is 5.92 Å². The third-order valence-electron chi connectivity index (χ3n) is 4.60. The van der Waals surface area contributed by atoms with E-state index in [0.717, 1.165) is 62.3 Å². The molecule has 0 bridgehead atoms. The SMILES string of the molecule is Cc1ccc(CN2CCCn3nnc(COCC4CC4)c3C2)o1. The summed E-state index contributed by atoms with van der Waals surface area (Å²) in [6.07, 6.45) is 3.71. The van der Waals surface area contributed by atoms with Crippen LogP contribution >= 0.6 is 0 Å². The van der Waals surface area contributed by atoms with Gasteiger partial charge < -0.3 is 9.15 Å². The van der Waals surface area contributed by atoms with Gasteiger partial charge in [0.25, 0.3) is 0 Å². The monoisotopic (exact) mass is 316 g/mol. The zero-order valence-corrected chi connectivity index (χ0v) is 13.7. The van der Waals surface area contributed by atoms with Crippen LogP contribution < -0.4 is 0 Å². The van der Waals surface area contributed by atoms with E-state index in [4.69, 9.17) is 9.15 Å². The Balaban J connectivity index is 1.42. The fraction of sp³-hybridized carbons (Fsp3) is 0.647. The molecule has 0 N–H and O–H groups in total. The van der Waals surface area contributed by atoms with Gasteiger partial charge in [-0.15, -0.1) is 5.10 Å². The first-order chi connectivity index (χ1) is 11.3. The molecule has 0 unspecified atom stereocenters. The van der Waals surface area contributed by atoms with Crippen molar-refractivity contribution in [3.05, 3.63) is 35.0 Å². The number of aromatic nitrogens is 3. The first-order valence-corrected chi connectivity index (χ1v) is 8.54. The molecule has 1 aliphatic carbocycles. The van der Waals surface area contributed by atoms with Crippen LogP contribution in [0.25, 0.3) is 0 Å². The standard InChI is InChI=1S/C17H24N4O2/c1-13-3-6-15(23-13)9-20-7-2-8-21-17(10-20)16(18-19-21)12-22-11-14-4-5-14/h3,6,14H,2,4-5,7-12H2,1H3. The summed E-state index contributed by atoms with van der Waals surface area (Å²) in [5.41, 5.74) is 2.19. The number of hydrogen-bond donors (Lipinski definition) is 0. The van der Waals surface area contributed by atoms with E-state index in [2.05, 4.69) is 21.3 Å². The number of rotatable bonds is 6. The Bertz CT molecular complexity index is 659. The molecule has 1 aliphatic heterocycles. The molecule has 0 saturated heterocycles. The highest BCUT2D eigenvalue weighted by atomic mass is 16.5. The van der Waals surface area contributed by atoms with Gasteiger partial charge in [-0.1, -0.05) is 5.21 Å². The van der Waals surface area contributed by atoms with Gasteiger partial charge in [0.1, 0.15) is 17.2 Å². The predicted octanol–water partition coefficient (Wildman–Crippen LogP) is 2.51. The molecule has 0 atom stereocenters. The number of furan rings is 1. The van der Waals surface area contributed by atoms with Gasteiger partial charge in [-0.05, 0) is 44.2 Å². The summed E-state index contributed by atoms with van der Waals surface area (Å²) in [6.45, 7) is 7.10. The van der Waals surface area contributed by atoms with Gasteiger partial charge in [0.05, 0.1) is 18.8 Å². The number of aryl methyl sites for hydroxylation is 2. The van der Waals surface area contributed by atoms with E-state index in [9.17, 15) is 0 Å². The number of hydrogen-bond acceptors (Lipinski definition) is 5. The van der Waals surface area contributed by atoms with Crippen molar-refractivity contribution in [3.63, 3.8) is 0 Å². The van der Waals surface area contributed by atoms with Gasteiger partial charge in [-0.2, -0.15) is 0 Å². The van der Waals surface area contributed by atoms with E-state index < -0.39 is 0 Å². The van der Waals surface area contributed by atoms with E-state index in [1.54, 1.807) is 0 Å². The lowest BCUT2D eigenvalue weighted by atomic mass is 10.3. The smallest absolute Gasteiger partial charge is 0.118 e. The van der Waals surface area contributed by atoms with Gasteiger partial charge in [0.15, 0.2) is 0 Å². The Morgan fingerprint density at radius 2 is 2.22 bits per heavy atom. The molecule has 6 nitrogen and oxygen atoms in total. The molecule has 6 heteroatoms. The van der Waals surface area contributed by atoms with Gasteiger partial charge in [-0.3, -0.25) is 4.90 Å². The molecule has 0 amide bonds. The van der Waals surface area contributed by atoms with Crippen molar-refractivity contribution in [1.82, 2.24) is 19.9 Å². The molecular weight excluding hydrogens is 292 g/mol. The van der Waals surface area contributed by atoms with Gasteiger partial charge >= 0.3 is 0 Å². The zero-order valence-electron chi connectivity index (χ0n) is 13.7. The number of fused-ring (bicyclic) bond motifs is 1. The maximum absolute atomic E-state index is 5.81. The van der Waals surface area contributed by atoms with Crippen LogP contribution in [-0.4, -0.2) is 33.0 Å². The topological polar surface area (TPSA) is 56.3 Å². The molecule has 1 fully saturated rings. The number of ether oxygens (including phenoxy) is 1. The fourth-order valence-electron chi connectivity index (χ4n) is 3.10. The Hall–Kier alpha value is -1.66. The Morgan fingerprint density at radius 3 is 3.00 bits per heavy atom. The Kier molecular flexibility index (Phi) is 4.18. The molecule has 2 aliphatic rings. The van der Waals surface area contributed by atoms with Crippen LogP contribution in [0.15, 0.2) is 16.5 Å². The van der Waals surface area contributed by atoms with Crippen molar-refractivity contribution in [2.75, 3.05) is 13.2 Å². The lowest BCUT2D eigenvalue weighted by molar-refractivity contribution is 0.107. The lowest BCUT2D eigenvalue weighted by Gasteiger charge is -2.18. The molecular formula is C17H24N4O2. The molecule has 4 rings (SSSR count). The van der Waals surface area contributed by atoms with Crippen LogP contribution in [-0.2, 0) is 31.0 Å². The highest BCUT2D eigenvalue weighted by Gasteiger charge is 2.23. The molecule has 124 valence electrons. The molecule has 2 aromatic heterocycles. The highest BCUT2D eigenvalue weighted by Crippen LogP contribution is 2.29. The van der Waals surface area contributed by atoms with E-state index in [-0.39, 0.29) is 0 Å². The van der Waals surface area contributed by atoms with E-state index >= 15 is 0 Å². The average molecular weight is 316 g/mol. The Morgan fingerprint density at radius 1 is 1.30 bits per heavy atom. The minimum atomic E-state index is 0.583. The van der Waals surface area contributed by atoms with Crippen molar-refractivity contribution >= 4 is 0 Å². The molecule has 23 heavy (non-hydrogen) atoms. The van der Waals surface area contributed by atoms with Crippen LogP contribution in [0.1, 0.15) is 42.2 Å². The van der Waals surface area contributed by atoms with Crippen molar-refractivity contribution in [1.29, 1.82) is 0 Å². The zero-order chi connectivity index (χ0) is 15.6. The van der Waals surface area contributed by atoms with Crippen molar-refractivity contribution < 1.29 is 9.15 Å². The Labute approximate surface area is 136 Å². The third kappa shape index (κ3) is 3.64. The normalized spacial score (nSPS) is 18.8. The molecule has 1 saturated carbocycles. The van der Waals surface area contributed by atoms with Crippen LogP contribution in [0.4, 0.5) is 0 Å². The summed E-state index contributed by atoms with van der Waals surface area (Å²) in [7, 11) is 0. The summed E-state index contributed by atoms with van der Waals surface area (Å²) in [5, 5.41) is 8.65. The van der Waals surface area contributed by atoms with Crippen LogP contribution in [0.3, 0.4) is 0 Å². The van der Waals surface area contributed by atoms with E-state index in [1.807, 2.05) is 17.7 Å². The minimum absolute atomic E-state index is 0.583. The molecule has 0 radical (unpaired) electrons. The molecule has 3 heterocycles. The van der Waals surface area contributed by atoms with Gasteiger partial charge in [0.2, 0.25) is 0 Å². The largest absolute Gasteiger partial charge is 0.465 e. The summed E-state index contributed by atoms with van der Waals surface area (Å²) < 4.78 is 13.6. The maximum Gasteiger partial charge on any atom is 0.118 e. The predicted molar refractivity (Wildman–Crippen MR) is 84.6 cm³/mol.